The normalized spacial score (nSPS) is 12.4. The van der Waals surface area contributed by atoms with Crippen LogP contribution in [0.15, 0.2) is 194 Å². The Morgan fingerprint density at radius 3 is 1.43 bits per heavy atom. The van der Waals surface area contributed by atoms with E-state index >= 15 is 0 Å². The van der Waals surface area contributed by atoms with Gasteiger partial charge in [-0.2, -0.15) is 0 Å². The van der Waals surface area contributed by atoms with E-state index < -0.39 is 0 Å². The summed E-state index contributed by atoms with van der Waals surface area (Å²) in [6.45, 7) is 2.05. The minimum absolute atomic E-state index is 1.10. The molecular weight excluding hydrogens is 617 g/mol. The Morgan fingerprint density at radius 1 is 0.412 bits per heavy atom. The van der Waals surface area contributed by atoms with Crippen LogP contribution in [-0.2, 0) is 0 Å². The molecule has 0 aliphatic rings. The predicted molar refractivity (Wildman–Crippen MR) is 219 cm³/mol. The Hall–Kier alpha value is -6.64. The van der Waals surface area contributed by atoms with E-state index in [1.165, 1.54) is 65.9 Å². The minimum Gasteiger partial charge on any atom is -0.309 e. The lowest BCUT2D eigenvalue weighted by Gasteiger charge is -2.18. The number of nitrogens with zero attached hydrogens (tertiary/aromatic N) is 2. The van der Waals surface area contributed by atoms with Gasteiger partial charge in [-0.3, -0.25) is 0 Å². The van der Waals surface area contributed by atoms with Crippen molar-refractivity contribution in [1.29, 1.82) is 0 Å². The number of para-hydroxylation sites is 5. The second-order valence-electron chi connectivity index (χ2n) is 12.8. The Bertz CT molecular complexity index is 2710. The van der Waals surface area contributed by atoms with Crippen LogP contribution in [0.4, 0.5) is 0 Å². The maximum atomic E-state index is 2.43. The Balaban J connectivity index is 1.27. The SMILES string of the molecule is C\C=C/C=C\C(=C\c1ccccc1-c1ccccc1-c1ccccc1-n1c2ccccc2c2ccccc21)n1c2ccccc2c2ccccc21. The highest BCUT2D eigenvalue weighted by molar-refractivity contribution is 6.12. The largest absolute Gasteiger partial charge is 0.309 e. The minimum atomic E-state index is 1.10. The van der Waals surface area contributed by atoms with Crippen LogP contribution in [0.5, 0.6) is 0 Å². The summed E-state index contributed by atoms with van der Waals surface area (Å²) in [5.74, 6) is 0. The summed E-state index contributed by atoms with van der Waals surface area (Å²) in [6, 6.07) is 61.3. The summed E-state index contributed by atoms with van der Waals surface area (Å²) in [6.07, 6.45) is 10.9. The van der Waals surface area contributed by atoms with Crippen LogP contribution in [0.2, 0.25) is 0 Å². The lowest BCUT2D eigenvalue weighted by Crippen LogP contribution is -1.98. The van der Waals surface area contributed by atoms with Gasteiger partial charge in [0, 0.05) is 32.8 Å². The van der Waals surface area contributed by atoms with E-state index in [0.717, 1.165) is 16.9 Å². The molecule has 0 fully saturated rings. The summed E-state index contributed by atoms with van der Waals surface area (Å²) < 4.78 is 4.82. The highest BCUT2D eigenvalue weighted by Crippen LogP contribution is 2.41. The third-order valence-electron chi connectivity index (χ3n) is 9.91. The van der Waals surface area contributed by atoms with E-state index in [1.54, 1.807) is 0 Å². The molecule has 0 atom stereocenters. The number of hydrogen-bond acceptors (Lipinski definition) is 0. The van der Waals surface area contributed by atoms with Crippen LogP contribution in [0.3, 0.4) is 0 Å². The van der Waals surface area contributed by atoms with Gasteiger partial charge in [-0.15, -0.1) is 0 Å². The van der Waals surface area contributed by atoms with Crippen molar-refractivity contribution in [2.24, 2.45) is 0 Å². The molecule has 0 saturated heterocycles. The van der Waals surface area contributed by atoms with Gasteiger partial charge in [-0.1, -0.05) is 158 Å². The quantitative estimate of drug-likeness (QED) is 0.152. The van der Waals surface area contributed by atoms with Crippen molar-refractivity contribution >= 4 is 55.4 Å². The molecule has 0 unspecified atom stereocenters. The zero-order chi connectivity index (χ0) is 34.1. The van der Waals surface area contributed by atoms with Crippen LogP contribution in [-0.4, -0.2) is 9.13 Å². The summed E-state index contributed by atoms with van der Waals surface area (Å²) in [4.78, 5) is 0. The van der Waals surface area contributed by atoms with Gasteiger partial charge in [0.15, 0.2) is 0 Å². The average molecular weight is 653 g/mol. The first-order valence-corrected chi connectivity index (χ1v) is 17.6. The monoisotopic (exact) mass is 652 g/mol. The zero-order valence-electron chi connectivity index (χ0n) is 28.4. The molecule has 2 heteroatoms. The topological polar surface area (TPSA) is 9.86 Å². The predicted octanol–water partition coefficient (Wildman–Crippen LogP) is 13.4. The maximum absolute atomic E-state index is 2.43. The van der Waals surface area contributed by atoms with Crippen molar-refractivity contribution in [1.82, 2.24) is 9.13 Å². The molecule has 51 heavy (non-hydrogen) atoms. The summed E-state index contributed by atoms with van der Waals surface area (Å²) in [5.41, 5.74) is 13.0. The van der Waals surface area contributed by atoms with E-state index in [-0.39, 0.29) is 0 Å². The fraction of sp³-hybridized carbons (Fsp3) is 0.0204. The molecule has 9 aromatic rings. The van der Waals surface area contributed by atoms with E-state index in [0.29, 0.717) is 0 Å². The van der Waals surface area contributed by atoms with Gasteiger partial charge in [0.1, 0.15) is 0 Å². The molecule has 2 heterocycles. The van der Waals surface area contributed by atoms with Gasteiger partial charge < -0.3 is 9.13 Å². The third-order valence-corrected chi connectivity index (χ3v) is 9.91. The molecule has 7 aromatic carbocycles. The van der Waals surface area contributed by atoms with E-state index in [1.807, 2.05) is 0 Å². The Morgan fingerprint density at radius 2 is 0.843 bits per heavy atom. The van der Waals surface area contributed by atoms with Gasteiger partial charge in [0.05, 0.1) is 27.8 Å². The molecule has 242 valence electrons. The van der Waals surface area contributed by atoms with Crippen LogP contribution < -0.4 is 0 Å². The average Bonchev–Trinajstić information content (AvgIpc) is 3.71. The van der Waals surface area contributed by atoms with E-state index in [4.69, 9.17) is 0 Å². The van der Waals surface area contributed by atoms with Gasteiger partial charge in [0.2, 0.25) is 0 Å². The molecule has 0 amide bonds. The van der Waals surface area contributed by atoms with Crippen molar-refractivity contribution in [3.05, 3.63) is 200 Å². The standard InChI is InChI=1S/C49H36N2/c1-2-3-4-20-36(50-45-29-14-10-25-41(45)42-26-11-15-30-46(42)50)34-35-19-5-6-21-37(35)38-22-7-8-23-39(38)40-24-9-16-31-47(40)51-48-32-17-12-27-43(48)44-28-13-18-33-49(44)51/h2-34H,1H3/b3-2-,20-4-,36-34-. The lowest BCUT2D eigenvalue weighted by molar-refractivity contribution is 1.18. The fourth-order valence-corrected chi connectivity index (χ4v) is 7.71. The van der Waals surface area contributed by atoms with Gasteiger partial charge in [-0.25, -0.2) is 0 Å². The van der Waals surface area contributed by atoms with Gasteiger partial charge >= 0.3 is 0 Å². The zero-order valence-corrected chi connectivity index (χ0v) is 28.4. The first kappa shape index (κ1) is 30.4. The molecule has 0 spiro atoms. The van der Waals surface area contributed by atoms with E-state index in [9.17, 15) is 0 Å². The summed E-state index contributed by atoms with van der Waals surface area (Å²) in [5, 5.41) is 5.02. The van der Waals surface area contributed by atoms with Crippen LogP contribution in [0.25, 0.3) is 83.3 Å². The van der Waals surface area contributed by atoms with Crippen molar-refractivity contribution in [2.75, 3.05) is 0 Å². The molecule has 9 rings (SSSR count). The highest BCUT2D eigenvalue weighted by Gasteiger charge is 2.18. The maximum Gasteiger partial charge on any atom is 0.0541 e. The number of hydrogen-bond donors (Lipinski definition) is 0. The van der Waals surface area contributed by atoms with Crippen LogP contribution >= 0.6 is 0 Å². The summed E-state index contributed by atoms with van der Waals surface area (Å²) in [7, 11) is 0. The number of aromatic nitrogens is 2. The molecule has 0 N–H and O–H groups in total. The highest BCUT2D eigenvalue weighted by atomic mass is 15.0. The Kier molecular flexibility index (Phi) is 7.75. The van der Waals surface area contributed by atoms with Crippen molar-refractivity contribution < 1.29 is 0 Å². The molecule has 0 radical (unpaired) electrons. The smallest absolute Gasteiger partial charge is 0.0541 e. The number of allylic oxidation sites excluding steroid dienone is 5. The molecule has 2 nitrogen and oxygen atoms in total. The fourth-order valence-electron chi connectivity index (χ4n) is 7.71. The lowest BCUT2D eigenvalue weighted by atomic mass is 9.90. The Labute approximate surface area is 298 Å². The molecule has 0 aliphatic carbocycles. The van der Waals surface area contributed by atoms with Crippen LogP contribution in [0, 0.1) is 0 Å². The van der Waals surface area contributed by atoms with Crippen molar-refractivity contribution in [2.45, 2.75) is 6.92 Å². The molecular formula is C49H36N2. The van der Waals surface area contributed by atoms with Gasteiger partial charge in [0.25, 0.3) is 0 Å². The first-order valence-electron chi connectivity index (χ1n) is 17.6. The molecule has 2 aromatic heterocycles. The summed E-state index contributed by atoms with van der Waals surface area (Å²) >= 11 is 0. The molecule has 0 aliphatic heterocycles. The van der Waals surface area contributed by atoms with Crippen molar-refractivity contribution in [3.63, 3.8) is 0 Å². The van der Waals surface area contributed by atoms with Crippen LogP contribution in [0.1, 0.15) is 12.5 Å². The van der Waals surface area contributed by atoms with E-state index in [2.05, 4.69) is 216 Å². The number of rotatable bonds is 7. The molecule has 0 saturated carbocycles. The third kappa shape index (κ3) is 5.21. The number of fused-ring (bicyclic) bond motifs is 6. The molecule has 0 bridgehead atoms. The second-order valence-corrected chi connectivity index (χ2v) is 12.8. The first-order chi connectivity index (χ1) is 25.3. The second kappa shape index (κ2) is 13.0. The van der Waals surface area contributed by atoms with Gasteiger partial charge in [-0.05, 0) is 71.7 Å². The number of benzene rings is 7. The van der Waals surface area contributed by atoms with Crippen molar-refractivity contribution in [3.8, 4) is 27.9 Å².